The van der Waals surface area contributed by atoms with Crippen molar-refractivity contribution in [2.75, 3.05) is 13.1 Å². The molecule has 0 radical (unpaired) electrons. The molecular weight excluding hydrogens is 241 g/mol. The summed E-state index contributed by atoms with van der Waals surface area (Å²) < 4.78 is 20.4. The summed E-state index contributed by atoms with van der Waals surface area (Å²) in [6.07, 6.45) is 2.29. The van der Waals surface area contributed by atoms with Gasteiger partial charge in [0.05, 0.1) is 17.2 Å². The van der Waals surface area contributed by atoms with E-state index in [1.54, 1.807) is 0 Å². The topological polar surface area (TPSA) is 12.5 Å². The van der Waals surface area contributed by atoms with E-state index in [2.05, 4.69) is 46.4 Å². The second-order valence-electron chi connectivity index (χ2n) is 8.43. The fourth-order valence-electron chi connectivity index (χ4n) is 4.00. The van der Waals surface area contributed by atoms with Gasteiger partial charge >= 0.3 is 0 Å². The lowest BCUT2D eigenvalue weighted by atomic mass is 9.73. The van der Waals surface area contributed by atoms with Crippen LogP contribution < -0.4 is 0 Å². The van der Waals surface area contributed by atoms with Gasteiger partial charge in [0.2, 0.25) is 0 Å². The minimum absolute atomic E-state index is 0.0277. The molecule has 0 bridgehead atoms. The van der Waals surface area contributed by atoms with Gasteiger partial charge in [-0.15, -0.1) is 0 Å². The Morgan fingerprint density at radius 2 is 1.84 bits per heavy atom. The fourth-order valence-corrected chi connectivity index (χ4v) is 4.00. The maximum absolute atomic E-state index is 14.0. The highest BCUT2D eigenvalue weighted by Crippen LogP contribution is 2.49. The van der Waals surface area contributed by atoms with Gasteiger partial charge in [0.25, 0.3) is 0 Å². The molecule has 0 saturated carbocycles. The third-order valence-corrected chi connectivity index (χ3v) is 4.41. The smallest absolute Gasteiger partial charge is 0.115 e. The van der Waals surface area contributed by atoms with Crippen molar-refractivity contribution >= 4 is 0 Å². The van der Waals surface area contributed by atoms with Crippen molar-refractivity contribution in [1.29, 1.82) is 0 Å². The zero-order chi connectivity index (χ0) is 14.5. The highest BCUT2D eigenvalue weighted by atomic mass is 19.1. The highest BCUT2D eigenvalue weighted by Gasteiger charge is 2.57. The summed E-state index contributed by atoms with van der Waals surface area (Å²) in [5, 5.41) is 0. The first-order valence-corrected chi connectivity index (χ1v) is 7.62. The molecule has 112 valence electrons. The number of fused-ring (bicyclic) bond motifs is 1. The van der Waals surface area contributed by atoms with Gasteiger partial charge in [0.1, 0.15) is 6.17 Å². The van der Waals surface area contributed by atoms with Crippen molar-refractivity contribution in [2.24, 2.45) is 5.41 Å². The first-order valence-electron chi connectivity index (χ1n) is 7.62. The van der Waals surface area contributed by atoms with Gasteiger partial charge in [-0.2, -0.15) is 0 Å². The van der Waals surface area contributed by atoms with E-state index in [1.165, 1.54) is 6.42 Å². The molecule has 3 atom stereocenters. The van der Waals surface area contributed by atoms with Crippen molar-refractivity contribution < 1.29 is 9.13 Å². The summed E-state index contributed by atoms with van der Waals surface area (Å²) in [5.41, 5.74) is -0.236. The zero-order valence-corrected chi connectivity index (χ0v) is 13.4. The van der Waals surface area contributed by atoms with Crippen LogP contribution in [0.1, 0.15) is 60.8 Å². The highest BCUT2D eigenvalue weighted by molar-refractivity contribution is 5.11. The molecule has 0 aromatic heterocycles. The Morgan fingerprint density at radius 3 is 2.37 bits per heavy atom. The van der Waals surface area contributed by atoms with Crippen LogP contribution in [0.4, 0.5) is 4.39 Å². The summed E-state index contributed by atoms with van der Waals surface area (Å²) in [7, 11) is 0. The monoisotopic (exact) mass is 271 g/mol. The van der Waals surface area contributed by atoms with Gasteiger partial charge in [0.15, 0.2) is 0 Å². The Kier molecular flexibility index (Phi) is 3.77. The maximum atomic E-state index is 14.0. The van der Waals surface area contributed by atoms with E-state index in [4.69, 9.17) is 4.74 Å². The molecule has 0 spiro atoms. The number of hydrogen-bond donors (Lipinski definition) is 0. The lowest BCUT2D eigenvalue weighted by molar-refractivity contribution is -0.159. The molecule has 2 fully saturated rings. The third-order valence-electron chi connectivity index (χ3n) is 4.41. The Balaban J connectivity index is 2.32. The number of rotatable bonds is 2. The second-order valence-corrected chi connectivity index (χ2v) is 8.43. The average Bonchev–Trinajstić information content (AvgIpc) is 2.67. The van der Waals surface area contributed by atoms with Crippen LogP contribution in [-0.4, -0.2) is 41.4 Å². The van der Waals surface area contributed by atoms with Crippen LogP contribution in [0.25, 0.3) is 0 Å². The van der Waals surface area contributed by atoms with Crippen LogP contribution in [-0.2, 0) is 4.74 Å². The quantitative estimate of drug-likeness (QED) is 0.757. The molecule has 0 N–H and O–H groups in total. The summed E-state index contributed by atoms with van der Waals surface area (Å²) in [6.45, 7) is 14.6. The van der Waals surface area contributed by atoms with E-state index < -0.39 is 6.17 Å². The molecule has 0 aliphatic carbocycles. The largest absolute Gasteiger partial charge is 0.370 e. The van der Waals surface area contributed by atoms with Gasteiger partial charge in [-0.25, -0.2) is 4.39 Å². The molecule has 2 aliphatic heterocycles. The lowest BCUT2D eigenvalue weighted by Gasteiger charge is -2.48. The van der Waals surface area contributed by atoms with Gasteiger partial charge < -0.3 is 4.74 Å². The van der Waals surface area contributed by atoms with Crippen LogP contribution in [0.15, 0.2) is 0 Å². The normalized spacial score (nSPS) is 34.6. The molecule has 3 heteroatoms. The minimum atomic E-state index is -0.686. The molecular formula is C16H30FNO. The van der Waals surface area contributed by atoms with Crippen molar-refractivity contribution in [1.82, 2.24) is 4.90 Å². The molecule has 0 aromatic carbocycles. The van der Waals surface area contributed by atoms with Crippen molar-refractivity contribution in [3.63, 3.8) is 0 Å². The summed E-state index contributed by atoms with van der Waals surface area (Å²) >= 11 is 0. The van der Waals surface area contributed by atoms with E-state index in [-0.39, 0.29) is 22.7 Å². The zero-order valence-electron chi connectivity index (χ0n) is 13.4. The Labute approximate surface area is 117 Å². The summed E-state index contributed by atoms with van der Waals surface area (Å²) in [4.78, 5) is 2.36. The molecule has 2 rings (SSSR count). The van der Waals surface area contributed by atoms with Crippen LogP contribution in [0, 0.1) is 5.41 Å². The van der Waals surface area contributed by atoms with Crippen LogP contribution in [0.2, 0.25) is 0 Å². The summed E-state index contributed by atoms with van der Waals surface area (Å²) in [5.74, 6) is 0. The lowest BCUT2D eigenvalue weighted by Crippen LogP contribution is -2.57. The molecule has 0 aromatic rings. The van der Waals surface area contributed by atoms with E-state index in [1.807, 2.05) is 0 Å². The first kappa shape index (κ1) is 15.2. The second kappa shape index (κ2) is 4.70. The van der Waals surface area contributed by atoms with E-state index in [9.17, 15) is 4.39 Å². The van der Waals surface area contributed by atoms with Gasteiger partial charge in [-0.1, -0.05) is 20.8 Å². The van der Waals surface area contributed by atoms with Gasteiger partial charge in [0, 0.05) is 13.0 Å². The molecule has 2 saturated heterocycles. The Hall–Kier alpha value is -0.150. The van der Waals surface area contributed by atoms with Crippen molar-refractivity contribution in [3.8, 4) is 0 Å². The Morgan fingerprint density at radius 1 is 1.21 bits per heavy atom. The third kappa shape index (κ3) is 2.97. The van der Waals surface area contributed by atoms with Crippen molar-refractivity contribution in [2.45, 2.75) is 84.2 Å². The van der Waals surface area contributed by atoms with E-state index in [0.717, 1.165) is 13.0 Å². The predicted molar refractivity (Wildman–Crippen MR) is 77.1 cm³/mol. The standard InChI is InChI=1S/C16H30FNO/c1-14(2,3)13(19-15(4,5)6)16-8-7-9-18(16)11-12(17)10-16/h12-13H,7-11H2,1-6H3/t12-,13?,16+/m0/s1. The molecule has 0 amide bonds. The van der Waals surface area contributed by atoms with Crippen molar-refractivity contribution in [3.05, 3.63) is 0 Å². The van der Waals surface area contributed by atoms with Gasteiger partial charge in [-0.05, 0) is 45.6 Å². The molecule has 2 heterocycles. The number of nitrogens with zero attached hydrogens (tertiary/aromatic N) is 1. The van der Waals surface area contributed by atoms with Gasteiger partial charge in [-0.3, -0.25) is 4.90 Å². The molecule has 19 heavy (non-hydrogen) atoms. The first-order chi connectivity index (χ1) is 8.55. The SMILES string of the molecule is CC(C)(C)OC(C(C)(C)C)[C@]12CCCN1C[C@@H](F)C2. The average molecular weight is 271 g/mol. The van der Waals surface area contributed by atoms with E-state index in [0.29, 0.717) is 13.0 Å². The molecule has 1 unspecified atom stereocenters. The Bertz CT molecular complexity index is 331. The van der Waals surface area contributed by atoms with Crippen LogP contribution in [0.3, 0.4) is 0 Å². The number of ether oxygens (including phenoxy) is 1. The maximum Gasteiger partial charge on any atom is 0.115 e. The number of hydrogen-bond acceptors (Lipinski definition) is 2. The molecule has 2 aliphatic rings. The number of alkyl halides is 1. The van der Waals surface area contributed by atoms with Crippen LogP contribution in [0.5, 0.6) is 0 Å². The number of halogens is 1. The fraction of sp³-hybridized carbons (Fsp3) is 1.00. The molecule has 2 nitrogen and oxygen atoms in total. The van der Waals surface area contributed by atoms with Crippen LogP contribution >= 0.6 is 0 Å². The van der Waals surface area contributed by atoms with E-state index >= 15 is 0 Å². The predicted octanol–water partition coefficient (Wildman–Crippen LogP) is 3.79. The summed E-state index contributed by atoms with van der Waals surface area (Å²) in [6, 6.07) is 0. The minimum Gasteiger partial charge on any atom is -0.370 e.